The molecule has 2 aromatic rings. The Kier molecular flexibility index (Phi) is 3.04. The number of oxime groups is 1. The summed E-state index contributed by atoms with van der Waals surface area (Å²) in [6, 6.07) is 6.01. The molecule has 4 nitrogen and oxygen atoms in total. The van der Waals surface area contributed by atoms with Crippen molar-refractivity contribution in [1.82, 2.24) is 4.57 Å². The lowest BCUT2D eigenvalue weighted by atomic mass is 10.1. The van der Waals surface area contributed by atoms with E-state index in [4.69, 9.17) is 9.57 Å². The van der Waals surface area contributed by atoms with Crippen LogP contribution in [-0.2, 0) is 11.9 Å². The lowest BCUT2D eigenvalue weighted by Gasteiger charge is -2.01. The Morgan fingerprint density at radius 3 is 2.71 bits per heavy atom. The number of ether oxygens (including phenoxy) is 1. The van der Waals surface area contributed by atoms with Crippen LogP contribution in [0.15, 0.2) is 29.6 Å². The highest BCUT2D eigenvalue weighted by Crippen LogP contribution is 2.25. The van der Waals surface area contributed by atoms with Gasteiger partial charge in [-0.2, -0.15) is 0 Å². The van der Waals surface area contributed by atoms with Crippen molar-refractivity contribution in [2.24, 2.45) is 12.2 Å². The van der Waals surface area contributed by atoms with Crippen LogP contribution in [-0.4, -0.2) is 24.5 Å². The van der Waals surface area contributed by atoms with Crippen molar-refractivity contribution in [2.75, 3.05) is 14.2 Å². The Hall–Kier alpha value is -1.97. The summed E-state index contributed by atoms with van der Waals surface area (Å²) < 4.78 is 7.31. The van der Waals surface area contributed by atoms with Gasteiger partial charge in [0.2, 0.25) is 0 Å². The zero-order valence-electron chi connectivity index (χ0n) is 10.5. The molecule has 2 rings (SSSR count). The van der Waals surface area contributed by atoms with E-state index in [1.54, 1.807) is 14.2 Å². The van der Waals surface area contributed by atoms with Crippen LogP contribution in [0.5, 0.6) is 5.75 Å². The van der Waals surface area contributed by atoms with E-state index in [-0.39, 0.29) is 0 Å². The molecule has 4 heteroatoms. The number of aromatic nitrogens is 1. The number of nitrogens with zero attached hydrogens (tertiary/aromatic N) is 2. The Labute approximate surface area is 100 Å². The first-order chi connectivity index (χ1) is 8.17. The number of hydrogen-bond acceptors (Lipinski definition) is 3. The second kappa shape index (κ2) is 4.49. The standard InChI is InChI=1S/C13H16N2O2/c1-9(14-17-4)12-8-15(2)13-6-5-10(16-3)7-11(12)13/h5-8H,1-4H3. The van der Waals surface area contributed by atoms with E-state index in [2.05, 4.69) is 9.72 Å². The van der Waals surface area contributed by atoms with Crippen molar-refractivity contribution in [3.05, 3.63) is 30.0 Å². The smallest absolute Gasteiger partial charge is 0.119 e. The molecular formula is C13H16N2O2. The third-order valence-corrected chi connectivity index (χ3v) is 2.81. The van der Waals surface area contributed by atoms with E-state index in [0.717, 1.165) is 27.9 Å². The van der Waals surface area contributed by atoms with Gasteiger partial charge in [0, 0.05) is 29.7 Å². The number of fused-ring (bicyclic) bond motifs is 1. The quantitative estimate of drug-likeness (QED) is 0.602. The van der Waals surface area contributed by atoms with E-state index in [1.165, 1.54) is 0 Å². The van der Waals surface area contributed by atoms with Gasteiger partial charge in [-0.25, -0.2) is 0 Å². The first-order valence-corrected chi connectivity index (χ1v) is 5.38. The number of aryl methyl sites for hydroxylation is 1. The number of hydrogen-bond donors (Lipinski definition) is 0. The van der Waals surface area contributed by atoms with Gasteiger partial charge in [-0.15, -0.1) is 0 Å². The molecule has 0 bridgehead atoms. The number of rotatable bonds is 3. The van der Waals surface area contributed by atoms with E-state index >= 15 is 0 Å². The molecule has 0 radical (unpaired) electrons. The van der Waals surface area contributed by atoms with Crippen LogP contribution >= 0.6 is 0 Å². The van der Waals surface area contributed by atoms with Crippen LogP contribution in [0, 0.1) is 0 Å². The summed E-state index contributed by atoms with van der Waals surface area (Å²) >= 11 is 0. The van der Waals surface area contributed by atoms with Gasteiger partial charge in [0.25, 0.3) is 0 Å². The van der Waals surface area contributed by atoms with Crippen LogP contribution in [0.2, 0.25) is 0 Å². The molecular weight excluding hydrogens is 216 g/mol. The molecule has 0 aliphatic heterocycles. The Bertz CT molecular complexity index is 570. The van der Waals surface area contributed by atoms with E-state index < -0.39 is 0 Å². The Morgan fingerprint density at radius 1 is 1.29 bits per heavy atom. The largest absolute Gasteiger partial charge is 0.497 e. The summed E-state index contributed by atoms with van der Waals surface area (Å²) in [5.74, 6) is 0.843. The summed E-state index contributed by atoms with van der Waals surface area (Å²) in [4.78, 5) is 4.82. The molecule has 1 aromatic heterocycles. The average molecular weight is 232 g/mol. The van der Waals surface area contributed by atoms with Gasteiger partial charge in [-0.05, 0) is 25.1 Å². The van der Waals surface area contributed by atoms with Crippen LogP contribution in [0.3, 0.4) is 0 Å². The van der Waals surface area contributed by atoms with Crippen LogP contribution in [0.25, 0.3) is 10.9 Å². The predicted octanol–water partition coefficient (Wildman–Crippen LogP) is 2.56. The van der Waals surface area contributed by atoms with Gasteiger partial charge in [0.1, 0.15) is 12.9 Å². The molecule has 0 aliphatic rings. The first kappa shape index (κ1) is 11.5. The van der Waals surface area contributed by atoms with Crippen molar-refractivity contribution in [3.63, 3.8) is 0 Å². The molecule has 0 fully saturated rings. The van der Waals surface area contributed by atoms with E-state index in [0.29, 0.717) is 0 Å². The Morgan fingerprint density at radius 2 is 2.06 bits per heavy atom. The summed E-state index contributed by atoms with van der Waals surface area (Å²) in [7, 11) is 5.23. The number of benzene rings is 1. The molecule has 17 heavy (non-hydrogen) atoms. The average Bonchev–Trinajstić information content (AvgIpc) is 2.66. The van der Waals surface area contributed by atoms with E-state index in [1.807, 2.05) is 38.4 Å². The maximum Gasteiger partial charge on any atom is 0.119 e. The molecule has 0 unspecified atom stereocenters. The van der Waals surface area contributed by atoms with Crippen molar-refractivity contribution in [1.29, 1.82) is 0 Å². The zero-order chi connectivity index (χ0) is 12.4. The maximum absolute atomic E-state index is 5.25. The zero-order valence-corrected chi connectivity index (χ0v) is 10.5. The predicted molar refractivity (Wildman–Crippen MR) is 68.7 cm³/mol. The van der Waals surface area contributed by atoms with E-state index in [9.17, 15) is 0 Å². The normalized spacial score (nSPS) is 11.9. The molecule has 1 aromatic carbocycles. The second-order valence-corrected chi connectivity index (χ2v) is 3.90. The van der Waals surface area contributed by atoms with Crippen molar-refractivity contribution < 1.29 is 9.57 Å². The molecule has 0 amide bonds. The van der Waals surface area contributed by atoms with Gasteiger partial charge in [0.05, 0.1) is 12.8 Å². The van der Waals surface area contributed by atoms with Gasteiger partial charge < -0.3 is 14.1 Å². The molecule has 0 saturated carbocycles. The lowest BCUT2D eigenvalue weighted by Crippen LogP contribution is -1.94. The minimum atomic E-state index is 0.843. The minimum absolute atomic E-state index is 0.843. The van der Waals surface area contributed by atoms with Crippen LogP contribution in [0.4, 0.5) is 0 Å². The molecule has 0 saturated heterocycles. The topological polar surface area (TPSA) is 35.8 Å². The lowest BCUT2D eigenvalue weighted by molar-refractivity contribution is 0.213. The minimum Gasteiger partial charge on any atom is -0.497 e. The number of methoxy groups -OCH3 is 1. The van der Waals surface area contributed by atoms with Crippen molar-refractivity contribution in [2.45, 2.75) is 6.92 Å². The highest BCUT2D eigenvalue weighted by Gasteiger charge is 2.10. The van der Waals surface area contributed by atoms with Gasteiger partial charge in [-0.1, -0.05) is 5.16 Å². The molecule has 0 atom stereocenters. The maximum atomic E-state index is 5.25. The highest BCUT2D eigenvalue weighted by molar-refractivity contribution is 6.09. The summed E-state index contributed by atoms with van der Waals surface area (Å²) in [6.45, 7) is 1.93. The molecule has 0 aliphatic carbocycles. The molecule has 0 N–H and O–H groups in total. The summed E-state index contributed by atoms with van der Waals surface area (Å²) in [5, 5.41) is 5.09. The van der Waals surface area contributed by atoms with Gasteiger partial charge >= 0.3 is 0 Å². The molecule has 90 valence electrons. The summed E-state index contributed by atoms with van der Waals surface area (Å²) in [5.41, 5.74) is 3.06. The van der Waals surface area contributed by atoms with Gasteiger partial charge in [0.15, 0.2) is 0 Å². The fourth-order valence-electron chi connectivity index (χ4n) is 1.97. The van der Waals surface area contributed by atoms with Gasteiger partial charge in [-0.3, -0.25) is 0 Å². The second-order valence-electron chi connectivity index (χ2n) is 3.90. The molecule has 0 spiro atoms. The van der Waals surface area contributed by atoms with Crippen LogP contribution in [0.1, 0.15) is 12.5 Å². The summed E-state index contributed by atoms with van der Waals surface area (Å²) in [6.07, 6.45) is 2.04. The fraction of sp³-hybridized carbons (Fsp3) is 0.308. The Balaban J connectivity index is 2.67. The first-order valence-electron chi connectivity index (χ1n) is 5.38. The third-order valence-electron chi connectivity index (χ3n) is 2.81. The van der Waals surface area contributed by atoms with Crippen molar-refractivity contribution in [3.8, 4) is 5.75 Å². The third kappa shape index (κ3) is 1.98. The monoisotopic (exact) mass is 232 g/mol. The fourth-order valence-corrected chi connectivity index (χ4v) is 1.97. The molecule has 1 heterocycles. The van der Waals surface area contributed by atoms with Crippen molar-refractivity contribution >= 4 is 16.6 Å². The van der Waals surface area contributed by atoms with Crippen LogP contribution < -0.4 is 4.74 Å². The highest BCUT2D eigenvalue weighted by atomic mass is 16.6. The SMILES string of the molecule is CON=C(C)c1cn(C)c2ccc(OC)cc12.